The van der Waals surface area contributed by atoms with Crippen LogP contribution in [-0.2, 0) is 11.2 Å². The molecule has 108 valence electrons. The molecule has 0 atom stereocenters. The number of aromatic amines is 1. The molecule has 1 aliphatic rings. The molecule has 1 saturated carbocycles. The summed E-state index contributed by atoms with van der Waals surface area (Å²) in [5.74, 6) is 0.941. The van der Waals surface area contributed by atoms with Gasteiger partial charge in [0, 0.05) is 18.2 Å². The van der Waals surface area contributed by atoms with Crippen LogP contribution in [0.1, 0.15) is 44.2 Å². The molecule has 2 rings (SSSR count). The van der Waals surface area contributed by atoms with Crippen molar-refractivity contribution in [2.75, 3.05) is 12.3 Å². The first-order valence-electron chi connectivity index (χ1n) is 6.83. The van der Waals surface area contributed by atoms with Crippen molar-refractivity contribution in [3.63, 3.8) is 0 Å². The molecule has 1 fully saturated rings. The Hall–Kier alpha value is -1.23. The Kier molecular flexibility index (Phi) is 6.70. The lowest BCUT2D eigenvalue weighted by Gasteiger charge is -2.20. The van der Waals surface area contributed by atoms with Crippen LogP contribution in [0, 0.1) is 5.92 Å². The van der Waals surface area contributed by atoms with E-state index in [0.29, 0.717) is 5.95 Å². The molecule has 0 aromatic carbocycles. The molecular formula is C13H23ClN4O. The number of imidazole rings is 1. The normalized spacial score (nSPS) is 15.8. The standard InChI is InChI=1S/C13H22N4O.ClH/c14-13-16-9-11(17-13)7-4-8-15-12(18)10-5-2-1-3-6-10;/h9-10H,1-8H2,(H,15,18)(H3,14,16,17);1H. The van der Waals surface area contributed by atoms with Gasteiger partial charge in [0.25, 0.3) is 0 Å². The fraction of sp³-hybridized carbons (Fsp3) is 0.692. The van der Waals surface area contributed by atoms with Gasteiger partial charge in [-0.05, 0) is 25.7 Å². The molecule has 6 heteroatoms. The number of anilines is 1. The number of carbonyl (C=O) groups excluding carboxylic acids is 1. The molecule has 0 aliphatic heterocycles. The summed E-state index contributed by atoms with van der Waals surface area (Å²) in [7, 11) is 0. The summed E-state index contributed by atoms with van der Waals surface area (Å²) in [4.78, 5) is 18.8. The fourth-order valence-corrected chi connectivity index (χ4v) is 2.50. The molecule has 0 radical (unpaired) electrons. The van der Waals surface area contributed by atoms with E-state index in [9.17, 15) is 4.79 Å². The fourth-order valence-electron chi connectivity index (χ4n) is 2.50. The quantitative estimate of drug-likeness (QED) is 0.724. The highest BCUT2D eigenvalue weighted by Crippen LogP contribution is 2.23. The van der Waals surface area contributed by atoms with E-state index in [1.807, 2.05) is 0 Å². The van der Waals surface area contributed by atoms with Crippen LogP contribution in [0.5, 0.6) is 0 Å². The molecular weight excluding hydrogens is 264 g/mol. The number of carbonyl (C=O) groups is 1. The zero-order valence-corrected chi connectivity index (χ0v) is 12.0. The molecule has 1 amide bonds. The number of nitrogens with two attached hydrogens (primary N) is 1. The smallest absolute Gasteiger partial charge is 0.223 e. The number of hydrogen-bond donors (Lipinski definition) is 3. The molecule has 0 bridgehead atoms. The molecule has 5 nitrogen and oxygen atoms in total. The summed E-state index contributed by atoms with van der Waals surface area (Å²) in [5.41, 5.74) is 6.52. The van der Waals surface area contributed by atoms with E-state index < -0.39 is 0 Å². The van der Waals surface area contributed by atoms with Crippen LogP contribution in [0.4, 0.5) is 5.95 Å². The van der Waals surface area contributed by atoms with Gasteiger partial charge in [0.05, 0.1) is 6.20 Å². The van der Waals surface area contributed by atoms with E-state index in [4.69, 9.17) is 5.73 Å². The summed E-state index contributed by atoms with van der Waals surface area (Å²) in [6.07, 6.45) is 9.33. The predicted molar refractivity (Wildman–Crippen MR) is 78.2 cm³/mol. The lowest BCUT2D eigenvalue weighted by molar-refractivity contribution is -0.125. The Bertz CT molecular complexity index is 388. The molecule has 1 aromatic heterocycles. The van der Waals surface area contributed by atoms with Crippen molar-refractivity contribution in [3.8, 4) is 0 Å². The number of aromatic nitrogens is 2. The van der Waals surface area contributed by atoms with E-state index in [1.165, 1.54) is 19.3 Å². The van der Waals surface area contributed by atoms with Crippen molar-refractivity contribution in [1.29, 1.82) is 0 Å². The first-order chi connectivity index (χ1) is 8.75. The average molecular weight is 287 g/mol. The Morgan fingerprint density at radius 1 is 1.42 bits per heavy atom. The Balaban J connectivity index is 0.00000180. The summed E-state index contributed by atoms with van der Waals surface area (Å²) in [6.45, 7) is 0.730. The molecule has 19 heavy (non-hydrogen) atoms. The first-order valence-corrected chi connectivity index (χ1v) is 6.83. The Morgan fingerprint density at radius 3 is 2.79 bits per heavy atom. The topological polar surface area (TPSA) is 83.8 Å². The van der Waals surface area contributed by atoms with Gasteiger partial charge in [-0.15, -0.1) is 12.4 Å². The number of hydrogen-bond acceptors (Lipinski definition) is 3. The van der Waals surface area contributed by atoms with Crippen LogP contribution in [0.2, 0.25) is 0 Å². The molecule has 0 spiro atoms. The second kappa shape index (κ2) is 8.04. The first kappa shape index (κ1) is 15.8. The maximum Gasteiger partial charge on any atom is 0.223 e. The molecule has 1 aromatic rings. The average Bonchev–Trinajstić information content (AvgIpc) is 2.81. The third-order valence-corrected chi connectivity index (χ3v) is 3.55. The maximum atomic E-state index is 11.9. The van der Waals surface area contributed by atoms with E-state index in [0.717, 1.165) is 37.9 Å². The van der Waals surface area contributed by atoms with Gasteiger partial charge in [-0.25, -0.2) is 4.98 Å². The highest BCUT2D eigenvalue weighted by molar-refractivity contribution is 5.85. The maximum absolute atomic E-state index is 11.9. The van der Waals surface area contributed by atoms with Crippen molar-refractivity contribution < 1.29 is 4.79 Å². The van der Waals surface area contributed by atoms with Gasteiger partial charge in [0.15, 0.2) is 5.95 Å². The van der Waals surface area contributed by atoms with Gasteiger partial charge in [-0.1, -0.05) is 19.3 Å². The second-order valence-corrected chi connectivity index (χ2v) is 5.02. The van der Waals surface area contributed by atoms with Gasteiger partial charge in [0.2, 0.25) is 5.91 Å². The van der Waals surface area contributed by atoms with Crippen LogP contribution in [-0.4, -0.2) is 22.4 Å². The minimum absolute atomic E-state index is 0. The van der Waals surface area contributed by atoms with Crippen molar-refractivity contribution in [2.45, 2.75) is 44.9 Å². The molecule has 1 aliphatic carbocycles. The number of nitrogens with zero attached hydrogens (tertiary/aromatic N) is 1. The molecule has 4 N–H and O–H groups in total. The van der Waals surface area contributed by atoms with Gasteiger partial charge < -0.3 is 16.0 Å². The molecule has 0 unspecified atom stereocenters. The van der Waals surface area contributed by atoms with E-state index in [2.05, 4.69) is 15.3 Å². The minimum Gasteiger partial charge on any atom is -0.369 e. The van der Waals surface area contributed by atoms with E-state index in [1.54, 1.807) is 6.20 Å². The number of nitrogen functional groups attached to an aromatic ring is 1. The highest BCUT2D eigenvalue weighted by atomic mass is 35.5. The number of halogens is 1. The van der Waals surface area contributed by atoms with Crippen LogP contribution < -0.4 is 11.1 Å². The zero-order chi connectivity index (χ0) is 12.8. The Morgan fingerprint density at radius 2 is 2.16 bits per heavy atom. The van der Waals surface area contributed by atoms with Crippen molar-refractivity contribution in [3.05, 3.63) is 11.9 Å². The zero-order valence-electron chi connectivity index (χ0n) is 11.2. The monoisotopic (exact) mass is 286 g/mol. The van der Waals surface area contributed by atoms with Crippen LogP contribution in [0.25, 0.3) is 0 Å². The van der Waals surface area contributed by atoms with Crippen molar-refractivity contribution in [1.82, 2.24) is 15.3 Å². The number of amides is 1. The summed E-state index contributed by atoms with van der Waals surface area (Å²) >= 11 is 0. The number of nitrogens with one attached hydrogen (secondary N) is 2. The lowest BCUT2D eigenvalue weighted by atomic mass is 9.89. The van der Waals surface area contributed by atoms with Crippen LogP contribution >= 0.6 is 12.4 Å². The number of rotatable bonds is 5. The van der Waals surface area contributed by atoms with Gasteiger partial charge in [-0.2, -0.15) is 0 Å². The van der Waals surface area contributed by atoms with Gasteiger partial charge in [0.1, 0.15) is 0 Å². The predicted octanol–water partition coefficient (Wildman–Crippen LogP) is 2.04. The SMILES string of the molecule is Cl.Nc1ncc(CCCNC(=O)C2CCCCC2)[nH]1. The second-order valence-electron chi connectivity index (χ2n) is 5.02. The molecule has 0 saturated heterocycles. The number of aryl methyl sites for hydroxylation is 1. The van der Waals surface area contributed by atoms with Crippen molar-refractivity contribution >= 4 is 24.3 Å². The largest absolute Gasteiger partial charge is 0.369 e. The van der Waals surface area contributed by atoms with Crippen molar-refractivity contribution in [2.24, 2.45) is 5.92 Å². The van der Waals surface area contributed by atoms with E-state index >= 15 is 0 Å². The van der Waals surface area contributed by atoms with Crippen LogP contribution in [0.3, 0.4) is 0 Å². The lowest BCUT2D eigenvalue weighted by Crippen LogP contribution is -2.32. The van der Waals surface area contributed by atoms with Gasteiger partial charge >= 0.3 is 0 Å². The summed E-state index contributed by atoms with van der Waals surface area (Å²) < 4.78 is 0. The summed E-state index contributed by atoms with van der Waals surface area (Å²) in [5, 5.41) is 3.02. The van der Waals surface area contributed by atoms with Gasteiger partial charge in [-0.3, -0.25) is 4.79 Å². The molecule has 1 heterocycles. The summed E-state index contributed by atoms with van der Waals surface area (Å²) in [6, 6.07) is 0. The third kappa shape index (κ3) is 5.11. The highest BCUT2D eigenvalue weighted by Gasteiger charge is 2.20. The van der Waals surface area contributed by atoms with E-state index in [-0.39, 0.29) is 24.2 Å². The third-order valence-electron chi connectivity index (χ3n) is 3.55. The van der Waals surface area contributed by atoms with Crippen LogP contribution in [0.15, 0.2) is 6.20 Å². The Labute approximate surface area is 120 Å². The minimum atomic E-state index is 0. The number of H-pyrrole nitrogens is 1.